The first-order valence-electron chi connectivity index (χ1n) is 5.16. The molecule has 0 aromatic heterocycles. The quantitative estimate of drug-likeness (QED) is 0.688. The minimum absolute atomic E-state index is 0.580. The van der Waals surface area contributed by atoms with Crippen LogP contribution >= 0.6 is 0 Å². The van der Waals surface area contributed by atoms with Gasteiger partial charge >= 0.3 is 0 Å². The summed E-state index contributed by atoms with van der Waals surface area (Å²) in [6.45, 7) is 10.3. The van der Waals surface area contributed by atoms with Gasteiger partial charge in [-0.05, 0) is 42.6 Å². The van der Waals surface area contributed by atoms with Gasteiger partial charge in [-0.1, -0.05) is 27.7 Å². The van der Waals surface area contributed by atoms with Gasteiger partial charge in [0, 0.05) is 0 Å². The van der Waals surface area contributed by atoms with Gasteiger partial charge in [0.1, 0.15) is 0 Å². The molecule has 1 nitrogen and oxygen atoms in total. The fourth-order valence-electron chi connectivity index (χ4n) is 2.86. The first kappa shape index (κ1) is 10.0. The summed E-state index contributed by atoms with van der Waals surface area (Å²) in [4.78, 5) is 0. The molecular formula is C11H23N. The van der Waals surface area contributed by atoms with Crippen LogP contribution in [0.2, 0.25) is 0 Å². The van der Waals surface area contributed by atoms with Crippen molar-refractivity contribution in [1.29, 1.82) is 0 Å². The highest BCUT2D eigenvalue weighted by molar-refractivity contribution is 5.10. The Morgan fingerprint density at radius 3 is 2.08 bits per heavy atom. The summed E-state index contributed by atoms with van der Waals surface area (Å²) in [7, 11) is 0. The lowest BCUT2D eigenvalue weighted by molar-refractivity contribution is 0.255. The Morgan fingerprint density at radius 1 is 1.33 bits per heavy atom. The second-order valence-electron chi connectivity index (χ2n) is 5.26. The summed E-state index contributed by atoms with van der Waals surface area (Å²) >= 11 is 0. The Labute approximate surface area is 76.7 Å². The van der Waals surface area contributed by atoms with Crippen LogP contribution in [0.1, 0.15) is 47.0 Å². The van der Waals surface area contributed by atoms with Gasteiger partial charge < -0.3 is 5.73 Å². The molecule has 0 aromatic carbocycles. The topological polar surface area (TPSA) is 26.0 Å². The summed E-state index contributed by atoms with van der Waals surface area (Å²) in [6.07, 6.45) is 3.92. The van der Waals surface area contributed by atoms with Gasteiger partial charge in [0.15, 0.2) is 0 Å². The van der Waals surface area contributed by atoms with Crippen molar-refractivity contribution in [3.05, 3.63) is 0 Å². The molecule has 0 aliphatic heterocycles. The van der Waals surface area contributed by atoms with E-state index in [-0.39, 0.29) is 0 Å². The van der Waals surface area contributed by atoms with Gasteiger partial charge in [0.2, 0.25) is 0 Å². The molecule has 0 bridgehead atoms. The zero-order chi connectivity index (χ0) is 9.41. The largest absolute Gasteiger partial charge is 0.330 e. The lowest BCUT2D eigenvalue weighted by atomic mass is 9.81. The molecule has 1 saturated carbocycles. The van der Waals surface area contributed by atoms with Crippen LogP contribution in [0.5, 0.6) is 0 Å². The van der Waals surface area contributed by atoms with Crippen molar-refractivity contribution in [3.63, 3.8) is 0 Å². The maximum Gasteiger partial charge on any atom is -0.00771 e. The Balaban J connectivity index is 2.54. The van der Waals surface area contributed by atoms with Gasteiger partial charge in [0.25, 0.3) is 0 Å². The predicted octanol–water partition coefficient (Wildman–Crippen LogP) is 2.80. The van der Waals surface area contributed by atoms with E-state index in [1.165, 1.54) is 19.3 Å². The molecule has 1 aliphatic carbocycles. The zero-order valence-electron chi connectivity index (χ0n) is 8.98. The minimum Gasteiger partial charge on any atom is -0.330 e. The zero-order valence-corrected chi connectivity index (χ0v) is 8.98. The van der Waals surface area contributed by atoms with Crippen molar-refractivity contribution >= 4 is 0 Å². The maximum atomic E-state index is 5.55. The van der Waals surface area contributed by atoms with Crippen molar-refractivity contribution < 1.29 is 0 Å². The van der Waals surface area contributed by atoms with E-state index in [0.717, 1.165) is 12.5 Å². The molecule has 1 heteroatoms. The highest BCUT2D eigenvalue weighted by Crippen LogP contribution is 2.69. The first-order chi connectivity index (χ1) is 5.46. The van der Waals surface area contributed by atoms with Crippen molar-refractivity contribution in [2.45, 2.75) is 47.0 Å². The summed E-state index contributed by atoms with van der Waals surface area (Å²) in [5.74, 6) is 0.819. The van der Waals surface area contributed by atoms with Crippen molar-refractivity contribution in [1.82, 2.24) is 0 Å². The summed E-state index contributed by atoms with van der Waals surface area (Å²) in [6, 6.07) is 0. The molecule has 2 N–H and O–H groups in total. The van der Waals surface area contributed by atoms with Crippen LogP contribution < -0.4 is 5.73 Å². The number of nitrogens with two attached hydrogens (primary N) is 1. The van der Waals surface area contributed by atoms with Gasteiger partial charge in [-0.25, -0.2) is 0 Å². The van der Waals surface area contributed by atoms with Crippen LogP contribution in [0.15, 0.2) is 0 Å². The third-order valence-electron chi connectivity index (χ3n) is 3.91. The normalized spacial score (nSPS) is 32.5. The van der Waals surface area contributed by atoms with Gasteiger partial charge in [0.05, 0.1) is 0 Å². The summed E-state index contributed by atoms with van der Waals surface area (Å²) in [5.41, 5.74) is 6.75. The fraction of sp³-hybridized carbons (Fsp3) is 1.00. The Hall–Kier alpha value is -0.0400. The molecule has 0 saturated heterocycles. The summed E-state index contributed by atoms with van der Waals surface area (Å²) in [5, 5.41) is 0. The standard InChI is InChI=1S/C11H23N/c1-9(2)11(6-5-7-12)8-10(11,3)4/h9H,5-8,12H2,1-4H3. The molecule has 1 fully saturated rings. The van der Waals surface area contributed by atoms with E-state index in [2.05, 4.69) is 27.7 Å². The van der Waals surface area contributed by atoms with E-state index >= 15 is 0 Å². The van der Waals surface area contributed by atoms with Crippen LogP contribution in [0.25, 0.3) is 0 Å². The Morgan fingerprint density at radius 2 is 1.83 bits per heavy atom. The molecule has 72 valence electrons. The highest BCUT2D eigenvalue weighted by atomic mass is 14.7. The second-order valence-corrected chi connectivity index (χ2v) is 5.26. The Bertz CT molecular complexity index is 160. The molecular weight excluding hydrogens is 146 g/mol. The third-order valence-corrected chi connectivity index (χ3v) is 3.91. The average molecular weight is 169 g/mol. The van der Waals surface area contributed by atoms with Gasteiger partial charge in [-0.3, -0.25) is 0 Å². The summed E-state index contributed by atoms with van der Waals surface area (Å²) < 4.78 is 0. The van der Waals surface area contributed by atoms with Crippen LogP contribution in [0.4, 0.5) is 0 Å². The van der Waals surface area contributed by atoms with E-state index in [1.807, 2.05) is 0 Å². The average Bonchev–Trinajstić information content (AvgIpc) is 2.51. The van der Waals surface area contributed by atoms with Crippen LogP contribution in [0.3, 0.4) is 0 Å². The molecule has 1 rings (SSSR count). The fourth-order valence-corrected chi connectivity index (χ4v) is 2.86. The molecule has 1 atom stereocenters. The van der Waals surface area contributed by atoms with Crippen LogP contribution in [-0.4, -0.2) is 6.54 Å². The van der Waals surface area contributed by atoms with Crippen LogP contribution in [-0.2, 0) is 0 Å². The molecule has 0 amide bonds. The number of rotatable bonds is 4. The minimum atomic E-state index is 0.580. The molecule has 0 radical (unpaired) electrons. The van der Waals surface area contributed by atoms with Crippen molar-refractivity contribution in [3.8, 4) is 0 Å². The lowest BCUT2D eigenvalue weighted by Gasteiger charge is -2.24. The van der Waals surface area contributed by atoms with Crippen molar-refractivity contribution in [2.24, 2.45) is 22.5 Å². The molecule has 1 unspecified atom stereocenters. The van der Waals surface area contributed by atoms with Crippen LogP contribution in [0, 0.1) is 16.7 Å². The molecule has 0 heterocycles. The molecule has 0 aromatic rings. The second kappa shape index (κ2) is 3.02. The molecule has 12 heavy (non-hydrogen) atoms. The molecule has 1 aliphatic rings. The van der Waals surface area contributed by atoms with E-state index < -0.39 is 0 Å². The first-order valence-corrected chi connectivity index (χ1v) is 5.16. The van der Waals surface area contributed by atoms with E-state index in [4.69, 9.17) is 5.73 Å². The highest BCUT2D eigenvalue weighted by Gasteiger charge is 2.61. The van der Waals surface area contributed by atoms with E-state index in [1.54, 1.807) is 0 Å². The maximum absolute atomic E-state index is 5.55. The smallest absolute Gasteiger partial charge is 0.00771 e. The molecule has 0 spiro atoms. The van der Waals surface area contributed by atoms with Gasteiger partial charge in [-0.15, -0.1) is 0 Å². The number of hydrogen-bond donors (Lipinski definition) is 1. The van der Waals surface area contributed by atoms with Crippen molar-refractivity contribution in [2.75, 3.05) is 6.54 Å². The number of hydrogen-bond acceptors (Lipinski definition) is 1. The van der Waals surface area contributed by atoms with E-state index in [9.17, 15) is 0 Å². The predicted molar refractivity (Wildman–Crippen MR) is 54.0 cm³/mol. The lowest BCUT2D eigenvalue weighted by Crippen LogP contribution is -2.18. The third kappa shape index (κ3) is 1.39. The van der Waals surface area contributed by atoms with Gasteiger partial charge in [-0.2, -0.15) is 0 Å². The Kier molecular flexibility index (Phi) is 2.53. The SMILES string of the molecule is CC(C)C1(CCCN)CC1(C)C. The monoisotopic (exact) mass is 169 g/mol. The van der Waals surface area contributed by atoms with E-state index in [0.29, 0.717) is 10.8 Å².